The molecular weight excluding hydrogens is 186 g/mol. The molecule has 0 radical (unpaired) electrons. The standard InChI is InChI=1S/C9H19NO2S/c1-4-7(6-13-3)10-8(5-2)9(11)12/h7-8,10H,4-6H2,1-3H3,(H,11,12). The molecule has 0 saturated heterocycles. The second kappa shape index (κ2) is 7.21. The van der Waals surface area contributed by atoms with Gasteiger partial charge in [0.25, 0.3) is 0 Å². The molecule has 0 aromatic heterocycles. The Balaban J connectivity index is 3.95. The van der Waals surface area contributed by atoms with Crippen molar-refractivity contribution in [2.75, 3.05) is 12.0 Å². The molecule has 2 atom stereocenters. The first-order valence-electron chi connectivity index (χ1n) is 4.63. The molecule has 2 N–H and O–H groups in total. The number of thioether (sulfide) groups is 1. The topological polar surface area (TPSA) is 49.3 Å². The number of hydrogen-bond donors (Lipinski definition) is 2. The minimum atomic E-state index is -0.748. The van der Waals surface area contributed by atoms with Crippen molar-refractivity contribution in [3.63, 3.8) is 0 Å². The van der Waals surface area contributed by atoms with Crippen LogP contribution < -0.4 is 5.32 Å². The molecule has 13 heavy (non-hydrogen) atoms. The van der Waals surface area contributed by atoms with Crippen LogP contribution in [0.15, 0.2) is 0 Å². The Bertz CT molecular complexity index is 153. The Morgan fingerprint density at radius 1 is 1.46 bits per heavy atom. The highest BCUT2D eigenvalue weighted by molar-refractivity contribution is 7.98. The summed E-state index contributed by atoms with van der Waals surface area (Å²) in [5.41, 5.74) is 0. The highest BCUT2D eigenvalue weighted by atomic mass is 32.2. The maximum Gasteiger partial charge on any atom is 0.320 e. The van der Waals surface area contributed by atoms with Gasteiger partial charge in [-0.25, -0.2) is 0 Å². The van der Waals surface area contributed by atoms with Crippen LogP contribution in [0.25, 0.3) is 0 Å². The lowest BCUT2D eigenvalue weighted by Gasteiger charge is -2.20. The lowest BCUT2D eigenvalue weighted by Crippen LogP contribution is -2.43. The molecule has 0 spiro atoms. The summed E-state index contributed by atoms with van der Waals surface area (Å²) < 4.78 is 0. The first-order chi connectivity index (χ1) is 6.15. The van der Waals surface area contributed by atoms with Crippen molar-refractivity contribution in [3.05, 3.63) is 0 Å². The van der Waals surface area contributed by atoms with Crippen molar-refractivity contribution in [1.29, 1.82) is 0 Å². The van der Waals surface area contributed by atoms with Crippen LogP contribution in [0.1, 0.15) is 26.7 Å². The molecular formula is C9H19NO2S. The van der Waals surface area contributed by atoms with E-state index in [0.29, 0.717) is 12.5 Å². The molecule has 4 heteroatoms. The van der Waals surface area contributed by atoms with Crippen LogP contribution in [0, 0.1) is 0 Å². The van der Waals surface area contributed by atoms with Crippen LogP contribution in [-0.2, 0) is 4.79 Å². The van der Waals surface area contributed by atoms with Gasteiger partial charge in [0.05, 0.1) is 0 Å². The van der Waals surface area contributed by atoms with Crippen LogP contribution in [-0.4, -0.2) is 35.2 Å². The van der Waals surface area contributed by atoms with Crippen molar-refractivity contribution in [3.8, 4) is 0 Å². The number of carbonyl (C=O) groups is 1. The summed E-state index contributed by atoms with van der Waals surface area (Å²) in [6, 6.07) is -0.0758. The summed E-state index contributed by atoms with van der Waals surface area (Å²) in [4.78, 5) is 10.7. The van der Waals surface area contributed by atoms with Crippen molar-refractivity contribution in [1.82, 2.24) is 5.32 Å². The Hall–Kier alpha value is -0.220. The van der Waals surface area contributed by atoms with E-state index in [-0.39, 0.29) is 0 Å². The maximum atomic E-state index is 10.7. The van der Waals surface area contributed by atoms with Gasteiger partial charge in [-0.15, -0.1) is 0 Å². The average molecular weight is 205 g/mol. The Morgan fingerprint density at radius 3 is 2.38 bits per heavy atom. The third-order valence-electron chi connectivity index (χ3n) is 2.00. The summed E-state index contributed by atoms with van der Waals surface area (Å²) in [7, 11) is 0. The van der Waals surface area contributed by atoms with Gasteiger partial charge in [-0.3, -0.25) is 4.79 Å². The van der Waals surface area contributed by atoms with Crippen molar-refractivity contribution < 1.29 is 9.90 Å². The van der Waals surface area contributed by atoms with Gasteiger partial charge in [0.2, 0.25) is 0 Å². The number of aliphatic carboxylic acids is 1. The molecule has 0 fully saturated rings. The van der Waals surface area contributed by atoms with Crippen LogP contribution in [0.5, 0.6) is 0 Å². The van der Waals surface area contributed by atoms with Crippen LogP contribution >= 0.6 is 11.8 Å². The lowest BCUT2D eigenvalue weighted by molar-refractivity contribution is -0.139. The fraction of sp³-hybridized carbons (Fsp3) is 0.889. The predicted octanol–water partition coefficient (Wildman–Crippen LogP) is 1.58. The summed E-state index contributed by atoms with van der Waals surface area (Å²) >= 11 is 1.74. The number of carboxylic acids is 1. The zero-order chi connectivity index (χ0) is 10.3. The first-order valence-corrected chi connectivity index (χ1v) is 6.02. The summed E-state index contributed by atoms with van der Waals surface area (Å²) in [6.07, 6.45) is 3.65. The van der Waals surface area contributed by atoms with E-state index in [1.165, 1.54) is 0 Å². The van der Waals surface area contributed by atoms with E-state index in [1.807, 2.05) is 13.2 Å². The van der Waals surface area contributed by atoms with Crippen molar-refractivity contribution in [2.24, 2.45) is 0 Å². The molecule has 0 heterocycles. The van der Waals surface area contributed by atoms with Gasteiger partial charge in [0.1, 0.15) is 6.04 Å². The van der Waals surface area contributed by atoms with E-state index in [9.17, 15) is 4.79 Å². The van der Waals surface area contributed by atoms with E-state index in [2.05, 4.69) is 12.2 Å². The molecule has 2 unspecified atom stereocenters. The molecule has 0 bridgehead atoms. The average Bonchev–Trinajstić information content (AvgIpc) is 2.11. The molecule has 0 amide bonds. The fourth-order valence-corrected chi connectivity index (χ4v) is 1.87. The van der Waals surface area contributed by atoms with Gasteiger partial charge in [-0.2, -0.15) is 11.8 Å². The normalized spacial score (nSPS) is 15.3. The van der Waals surface area contributed by atoms with Crippen LogP contribution in [0.2, 0.25) is 0 Å². The van der Waals surface area contributed by atoms with Gasteiger partial charge >= 0.3 is 5.97 Å². The third kappa shape index (κ3) is 5.16. The van der Waals surface area contributed by atoms with Gasteiger partial charge in [-0.05, 0) is 19.1 Å². The van der Waals surface area contributed by atoms with Crippen molar-refractivity contribution in [2.45, 2.75) is 38.8 Å². The Morgan fingerprint density at radius 2 is 2.08 bits per heavy atom. The van der Waals surface area contributed by atoms with E-state index < -0.39 is 12.0 Å². The summed E-state index contributed by atoms with van der Waals surface area (Å²) in [6.45, 7) is 3.96. The number of nitrogens with one attached hydrogen (secondary N) is 1. The number of rotatable bonds is 7. The third-order valence-corrected chi connectivity index (χ3v) is 2.74. The quantitative estimate of drug-likeness (QED) is 0.662. The van der Waals surface area contributed by atoms with Gasteiger partial charge < -0.3 is 10.4 Å². The molecule has 0 aromatic rings. The van der Waals surface area contributed by atoms with E-state index >= 15 is 0 Å². The molecule has 78 valence electrons. The second-order valence-corrected chi connectivity index (χ2v) is 3.94. The molecule has 0 aliphatic rings. The molecule has 0 saturated carbocycles. The van der Waals surface area contributed by atoms with E-state index in [4.69, 9.17) is 5.11 Å². The Labute approximate surface area is 84.3 Å². The van der Waals surface area contributed by atoms with Crippen LogP contribution in [0.4, 0.5) is 0 Å². The van der Waals surface area contributed by atoms with Gasteiger partial charge in [0.15, 0.2) is 0 Å². The highest BCUT2D eigenvalue weighted by Gasteiger charge is 2.17. The molecule has 0 aliphatic heterocycles. The van der Waals surface area contributed by atoms with Gasteiger partial charge in [0, 0.05) is 11.8 Å². The predicted molar refractivity (Wildman–Crippen MR) is 57.3 cm³/mol. The molecule has 3 nitrogen and oxygen atoms in total. The summed E-state index contributed by atoms with van der Waals surface area (Å²) in [5.74, 6) is 0.224. The second-order valence-electron chi connectivity index (χ2n) is 3.03. The zero-order valence-electron chi connectivity index (χ0n) is 8.54. The Kier molecular flexibility index (Phi) is 7.09. The maximum absolute atomic E-state index is 10.7. The number of carboxylic acid groups (broad SMARTS) is 1. The smallest absolute Gasteiger partial charge is 0.320 e. The van der Waals surface area contributed by atoms with E-state index in [0.717, 1.165) is 12.2 Å². The monoisotopic (exact) mass is 205 g/mol. The minimum Gasteiger partial charge on any atom is -0.480 e. The highest BCUT2D eigenvalue weighted by Crippen LogP contribution is 2.03. The van der Waals surface area contributed by atoms with Crippen LogP contribution in [0.3, 0.4) is 0 Å². The fourth-order valence-electron chi connectivity index (χ4n) is 1.13. The van der Waals surface area contributed by atoms with Crippen molar-refractivity contribution >= 4 is 17.7 Å². The first kappa shape index (κ1) is 12.8. The zero-order valence-corrected chi connectivity index (χ0v) is 9.36. The van der Waals surface area contributed by atoms with E-state index in [1.54, 1.807) is 11.8 Å². The molecule has 0 aliphatic carbocycles. The molecule has 0 aromatic carbocycles. The lowest BCUT2D eigenvalue weighted by atomic mass is 10.1. The largest absolute Gasteiger partial charge is 0.480 e. The number of hydrogen-bond acceptors (Lipinski definition) is 3. The SMILES string of the molecule is CCC(CSC)NC(CC)C(=O)O. The molecule has 0 rings (SSSR count). The minimum absolute atomic E-state index is 0.316. The summed E-state index contributed by atoms with van der Waals surface area (Å²) in [5, 5.41) is 12.0. The van der Waals surface area contributed by atoms with Gasteiger partial charge in [-0.1, -0.05) is 13.8 Å².